The lowest BCUT2D eigenvalue weighted by Crippen LogP contribution is -2.46. The minimum Gasteiger partial charge on any atom is -0.495 e. The number of methoxy groups -OCH3 is 1. The fourth-order valence-electron chi connectivity index (χ4n) is 2.07. The van der Waals surface area contributed by atoms with Crippen LogP contribution in [0.15, 0.2) is 29.2 Å². The van der Waals surface area contributed by atoms with Crippen molar-refractivity contribution in [2.24, 2.45) is 5.92 Å². The van der Waals surface area contributed by atoms with Gasteiger partial charge >= 0.3 is 0 Å². The first-order valence-electron chi connectivity index (χ1n) is 7.05. The molecule has 0 saturated heterocycles. The van der Waals surface area contributed by atoms with Gasteiger partial charge in [-0.1, -0.05) is 26.0 Å². The predicted octanol–water partition coefficient (Wildman–Crippen LogP) is 1.48. The van der Waals surface area contributed by atoms with Crippen LogP contribution in [0.1, 0.15) is 20.3 Å². The van der Waals surface area contributed by atoms with Crippen LogP contribution in [-0.2, 0) is 14.8 Å². The Morgan fingerprint density at radius 3 is 2.36 bits per heavy atom. The molecule has 0 aromatic heterocycles. The standard InChI is InChI=1S/C15H24N2O4S/c1-11(2)10-12(15(18)17(3)4)16-22(19,20)14-9-7-6-8-13(14)21-5/h6-9,11-12,16H,10H2,1-5H3/t12-/m1/s1. The summed E-state index contributed by atoms with van der Waals surface area (Å²) in [6.45, 7) is 3.88. The van der Waals surface area contributed by atoms with Crippen molar-refractivity contribution in [3.63, 3.8) is 0 Å². The average molecular weight is 328 g/mol. The average Bonchev–Trinajstić information content (AvgIpc) is 2.44. The molecule has 1 rings (SSSR count). The quantitative estimate of drug-likeness (QED) is 0.822. The number of benzene rings is 1. The van der Waals surface area contributed by atoms with Crippen molar-refractivity contribution in [1.82, 2.24) is 9.62 Å². The number of hydrogen-bond donors (Lipinski definition) is 1. The van der Waals surface area contributed by atoms with Gasteiger partial charge in [0, 0.05) is 14.1 Å². The Kier molecular flexibility index (Phi) is 6.37. The Morgan fingerprint density at radius 1 is 1.27 bits per heavy atom. The number of rotatable bonds is 7. The second-order valence-corrected chi connectivity index (χ2v) is 7.37. The van der Waals surface area contributed by atoms with Gasteiger partial charge in [-0.25, -0.2) is 8.42 Å². The number of ether oxygens (including phenoxy) is 1. The molecule has 0 bridgehead atoms. The van der Waals surface area contributed by atoms with E-state index < -0.39 is 16.1 Å². The van der Waals surface area contributed by atoms with E-state index in [1.165, 1.54) is 18.1 Å². The number of carbonyl (C=O) groups is 1. The van der Waals surface area contributed by atoms with Crippen LogP contribution in [0.5, 0.6) is 5.75 Å². The first-order valence-corrected chi connectivity index (χ1v) is 8.54. The highest BCUT2D eigenvalue weighted by Gasteiger charge is 2.29. The Morgan fingerprint density at radius 2 is 1.86 bits per heavy atom. The van der Waals surface area contributed by atoms with Gasteiger partial charge in [0.25, 0.3) is 0 Å². The summed E-state index contributed by atoms with van der Waals surface area (Å²) in [5.41, 5.74) is 0. The maximum atomic E-state index is 12.6. The molecule has 0 aliphatic rings. The van der Waals surface area contributed by atoms with E-state index in [9.17, 15) is 13.2 Å². The summed E-state index contributed by atoms with van der Waals surface area (Å²) < 4.78 is 32.7. The maximum absolute atomic E-state index is 12.6. The third kappa shape index (κ3) is 4.71. The Labute approximate surface area is 132 Å². The highest BCUT2D eigenvalue weighted by atomic mass is 32.2. The van der Waals surface area contributed by atoms with Crippen LogP contribution in [0, 0.1) is 5.92 Å². The monoisotopic (exact) mass is 328 g/mol. The van der Waals surface area contributed by atoms with Crippen LogP contribution in [0.4, 0.5) is 0 Å². The molecule has 0 heterocycles. The molecule has 1 aromatic carbocycles. The van der Waals surface area contributed by atoms with Crippen molar-refractivity contribution >= 4 is 15.9 Å². The molecule has 1 aromatic rings. The summed E-state index contributed by atoms with van der Waals surface area (Å²) in [4.78, 5) is 13.6. The summed E-state index contributed by atoms with van der Waals surface area (Å²) >= 11 is 0. The van der Waals surface area contributed by atoms with Gasteiger partial charge in [-0.3, -0.25) is 4.79 Å². The number of nitrogens with one attached hydrogen (secondary N) is 1. The van der Waals surface area contributed by atoms with E-state index in [1.807, 2.05) is 13.8 Å². The van der Waals surface area contributed by atoms with Crippen LogP contribution in [0.25, 0.3) is 0 Å². The Hall–Kier alpha value is -1.60. The second-order valence-electron chi connectivity index (χ2n) is 5.69. The SMILES string of the molecule is COc1ccccc1S(=O)(=O)N[C@H](CC(C)C)C(=O)N(C)C. The van der Waals surface area contributed by atoms with Crippen LogP contribution < -0.4 is 9.46 Å². The molecule has 0 saturated carbocycles. The largest absolute Gasteiger partial charge is 0.495 e. The van der Waals surface area contributed by atoms with Gasteiger partial charge in [-0.15, -0.1) is 0 Å². The van der Waals surface area contributed by atoms with Gasteiger partial charge in [0.1, 0.15) is 16.7 Å². The Balaban J connectivity index is 3.12. The van der Waals surface area contributed by atoms with Crippen LogP contribution in [0.3, 0.4) is 0 Å². The highest BCUT2D eigenvalue weighted by molar-refractivity contribution is 7.89. The molecule has 6 nitrogen and oxygen atoms in total. The molecule has 0 radical (unpaired) electrons. The van der Waals surface area contributed by atoms with E-state index in [-0.39, 0.29) is 22.5 Å². The van der Waals surface area contributed by atoms with Crippen molar-refractivity contribution in [2.75, 3.05) is 21.2 Å². The van der Waals surface area contributed by atoms with Gasteiger partial charge in [-0.05, 0) is 24.5 Å². The molecular formula is C15H24N2O4S. The smallest absolute Gasteiger partial charge is 0.244 e. The van der Waals surface area contributed by atoms with E-state index in [2.05, 4.69) is 4.72 Å². The fraction of sp³-hybridized carbons (Fsp3) is 0.533. The van der Waals surface area contributed by atoms with Gasteiger partial charge in [-0.2, -0.15) is 4.72 Å². The molecule has 1 atom stereocenters. The molecule has 1 amide bonds. The Bertz CT molecular complexity index is 612. The van der Waals surface area contributed by atoms with E-state index >= 15 is 0 Å². The van der Waals surface area contributed by atoms with Gasteiger partial charge in [0.05, 0.1) is 7.11 Å². The zero-order valence-corrected chi connectivity index (χ0v) is 14.5. The number of nitrogens with zero attached hydrogens (tertiary/aromatic N) is 1. The predicted molar refractivity (Wildman–Crippen MR) is 85.3 cm³/mol. The fourth-order valence-corrected chi connectivity index (χ4v) is 3.45. The van der Waals surface area contributed by atoms with Crippen LogP contribution in [-0.4, -0.2) is 46.5 Å². The number of sulfonamides is 1. The zero-order chi connectivity index (χ0) is 16.9. The molecule has 0 unspecified atom stereocenters. The molecule has 1 N–H and O–H groups in total. The van der Waals surface area contributed by atoms with E-state index in [1.54, 1.807) is 32.3 Å². The lowest BCUT2D eigenvalue weighted by Gasteiger charge is -2.23. The number of likely N-dealkylation sites (N-methyl/N-ethyl adjacent to an activating group) is 1. The number of carbonyl (C=O) groups excluding carboxylic acids is 1. The summed E-state index contributed by atoms with van der Waals surface area (Å²) in [7, 11) is 0.767. The molecule has 0 aliphatic heterocycles. The molecule has 0 spiro atoms. The van der Waals surface area contributed by atoms with E-state index in [0.717, 1.165) is 0 Å². The molecule has 7 heteroatoms. The topological polar surface area (TPSA) is 75.7 Å². The summed E-state index contributed by atoms with van der Waals surface area (Å²) in [6.07, 6.45) is 0.422. The van der Waals surface area contributed by atoms with Crippen molar-refractivity contribution < 1.29 is 17.9 Å². The number of hydrogen-bond acceptors (Lipinski definition) is 4. The maximum Gasteiger partial charge on any atom is 0.244 e. The highest BCUT2D eigenvalue weighted by Crippen LogP contribution is 2.23. The van der Waals surface area contributed by atoms with Crippen LogP contribution >= 0.6 is 0 Å². The summed E-state index contributed by atoms with van der Waals surface area (Å²) in [5, 5.41) is 0. The molecule has 22 heavy (non-hydrogen) atoms. The van der Waals surface area contributed by atoms with Crippen LogP contribution in [0.2, 0.25) is 0 Å². The molecule has 124 valence electrons. The summed E-state index contributed by atoms with van der Waals surface area (Å²) in [6, 6.07) is 5.52. The lowest BCUT2D eigenvalue weighted by molar-refractivity contribution is -0.130. The van der Waals surface area contributed by atoms with Crippen molar-refractivity contribution in [3.8, 4) is 5.75 Å². The lowest BCUT2D eigenvalue weighted by atomic mass is 10.0. The van der Waals surface area contributed by atoms with Crippen molar-refractivity contribution in [2.45, 2.75) is 31.2 Å². The molecule has 0 aliphatic carbocycles. The van der Waals surface area contributed by atoms with Crippen molar-refractivity contribution in [1.29, 1.82) is 0 Å². The number of amides is 1. The zero-order valence-electron chi connectivity index (χ0n) is 13.7. The van der Waals surface area contributed by atoms with Gasteiger partial charge in [0.2, 0.25) is 15.9 Å². The first-order chi connectivity index (χ1) is 10.2. The molecular weight excluding hydrogens is 304 g/mol. The second kappa shape index (κ2) is 7.60. The third-order valence-corrected chi connectivity index (χ3v) is 4.61. The minimum atomic E-state index is -3.85. The normalized spacial score (nSPS) is 13.0. The number of para-hydroxylation sites is 1. The first kappa shape index (κ1) is 18.4. The van der Waals surface area contributed by atoms with E-state index in [0.29, 0.717) is 6.42 Å². The van der Waals surface area contributed by atoms with Gasteiger partial charge in [0.15, 0.2) is 0 Å². The van der Waals surface area contributed by atoms with Crippen molar-refractivity contribution in [3.05, 3.63) is 24.3 Å². The summed E-state index contributed by atoms with van der Waals surface area (Å²) in [5.74, 6) is 0.150. The van der Waals surface area contributed by atoms with E-state index in [4.69, 9.17) is 4.74 Å². The van der Waals surface area contributed by atoms with Gasteiger partial charge < -0.3 is 9.64 Å². The third-order valence-electron chi connectivity index (χ3n) is 3.10. The minimum absolute atomic E-state index is 0.0258. The molecule has 0 fully saturated rings.